The first-order valence-electron chi connectivity index (χ1n) is 5.48. The van der Waals surface area contributed by atoms with Crippen LogP contribution in [0.25, 0.3) is 11.0 Å². The van der Waals surface area contributed by atoms with Gasteiger partial charge in [-0.2, -0.15) is 26.3 Å². The smallest absolute Gasteiger partial charge is 0.449 e. The molecule has 9 heteroatoms. The first-order valence-corrected chi connectivity index (χ1v) is 5.48. The lowest BCUT2D eigenvalue weighted by molar-refractivity contribution is -0.210. The highest BCUT2D eigenvalue weighted by Gasteiger charge is 2.48. The summed E-state index contributed by atoms with van der Waals surface area (Å²) in [6, 6.07) is 3.21. The van der Waals surface area contributed by atoms with Gasteiger partial charge in [-0.3, -0.25) is 0 Å². The highest BCUT2D eigenvalue weighted by atomic mass is 19.4. The average Bonchev–Trinajstić information content (AvgIpc) is 2.74. The molecule has 1 unspecified atom stereocenters. The molecule has 2 aromatic rings. The summed E-state index contributed by atoms with van der Waals surface area (Å²) in [5.74, 6) is -1.84. The Bertz CT molecular complexity index is 655. The highest BCUT2D eigenvalue weighted by Crippen LogP contribution is 2.45. The van der Waals surface area contributed by atoms with Crippen molar-refractivity contribution >= 4 is 11.0 Å². The fourth-order valence-electron chi connectivity index (χ4n) is 1.87. The minimum atomic E-state index is -5.26. The number of halogens is 6. The molecule has 0 fully saturated rings. The molecule has 0 aliphatic rings. The molecule has 2 rings (SSSR count). The maximum absolute atomic E-state index is 12.8. The Morgan fingerprint density at radius 2 is 1.76 bits per heavy atom. The summed E-state index contributed by atoms with van der Waals surface area (Å²) < 4.78 is 85.4. The van der Waals surface area contributed by atoms with Crippen LogP contribution in [0.4, 0.5) is 26.3 Å². The molecule has 0 bridgehead atoms. The Morgan fingerprint density at radius 1 is 1.14 bits per heavy atom. The van der Waals surface area contributed by atoms with Gasteiger partial charge in [-0.15, -0.1) is 0 Å². The van der Waals surface area contributed by atoms with E-state index in [-0.39, 0.29) is 5.75 Å². The number of ether oxygens (including phenoxy) is 1. The van der Waals surface area contributed by atoms with Crippen LogP contribution in [0.2, 0.25) is 0 Å². The third kappa shape index (κ3) is 2.78. The Hall–Kier alpha value is -1.90. The van der Waals surface area contributed by atoms with Crippen LogP contribution in [0, 0.1) is 0 Å². The van der Waals surface area contributed by atoms with E-state index in [2.05, 4.69) is 4.42 Å². The minimum Gasteiger partial charge on any atom is -0.497 e. The second-order valence-electron chi connectivity index (χ2n) is 4.15. The van der Waals surface area contributed by atoms with Crippen molar-refractivity contribution in [2.45, 2.75) is 18.5 Å². The minimum absolute atomic E-state index is 0.0349. The lowest BCUT2D eigenvalue weighted by Gasteiger charge is -2.16. The van der Waals surface area contributed by atoms with Crippen molar-refractivity contribution in [3.05, 3.63) is 29.5 Å². The van der Waals surface area contributed by atoms with E-state index in [4.69, 9.17) is 4.74 Å². The second-order valence-corrected chi connectivity index (χ2v) is 4.15. The van der Waals surface area contributed by atoms with Gasteiger partial charge >= 0.3 is 12.4 Å². The fourth-order valence-corrected chi connectivity index (χ4v) is 1.87. The SMILES string of the molecule is COc1ccc2oc(C(F)(F)F)c(C(O)C(F)(F)F)c2c1. The summed E-state index contributed by atoms with van der Waals surface area (Å²) in [5.41, 5.74) is -1.80. The van der Waals surface area contributed by atoms with Crippen molar-refractivity contribution in [1.29, 1.82) is 0 Å². The Morgan fingerprint density at radius 3 is 2.24 bits per heavy atom. The molecular formula is C12H8F6O3. The second kappa shape index (κ2) is 4.83. The van der Waals surface area contributed by atoms with Gasteiger partial charge in [0.15, 0.2) is 6.10 Å². The number of hydrogen-bond acceptors (Lipinski definition) is 3. The molecule has 116 valence electrons. The zero-order valence-electron chi connectivity index (χ0n) is 10.3. The number of fused-ring (bicyclic) bond motifs is 1. The number of rotatable bonds is 2. The van der Waals surface area contributed by atoms with Crippen molar-refractivity contribution in [1.82, 2.24) is 0 Å². The Balaban J connectivity index is 2.78. The quantitative estimate of drug-likeness (QED) is 0.850. The monoisotopic (exact) mass is 314 g/mol. The highest BCUT2D eigenvalue weighted by molar-refractivity contribution is 5.84. The maximum Gasteiger partial charge on any atom is 0.449 e. The van der Waals surface area contributed by atoms with Crippen LogP contribution in [-0.4, -0.2) is 18.4 Å². The van der Waals surface area contributed by atoms with E-state index in [1.165, 1.54) is 13.2 Å². The van der Waals surface area contributed by atoms with Crippen LogP contribution in [0.1, 0.15) is 17.4 Å². The van der Waals surface area contributed by atoms with Gasteiger partial charge in [-0.1, -0.05) is 0 Å². The Kier molecular flexibility index (Phi) is 3.56. The summed E-state index contributed by atoms with van der Waals surface area (Å²) in [5, 5.41) is 8.72. The van der Waals surface area contributed by atoms with E-state index in [0.29, 0.717) is 0 Å². The van der Waals surface area contributed by atoms with Gasteiger partial charge in [0.2, 0.25) is 5.76 Å². The van der Waals surface area contributed by atoms with Gasteiger partial charge < -0.3 is 14.3 Å². The third-order valence-corrected chi connectivity index (χ3v) is 2.77. The van der Waals surface area contributed by atoms with Crippen LogP contribution in [0.15, 0.2) is 22.6 Å². The van der Waals surface area contributed by atoms with Crippen molar-refractivity contribution in [2.75, 3.05) is 7.11 Å². The molecule has 21 heavy (non-hydrogen) atoms. The normalized spacial score (nSPS) is 14.5. The van der Waals surface area contributed by atoms with Crippen molar-refractivity contribution in [2.24, 2.45) is 0 Å². The summed E-state index contributed by atoms with van der Waals surface area (Å²) in [6.07, 6.45) is -13.8. The molecule has 1 aromatic heterocycles. The molecule has 1 N–H and O–H groups in total. The number of benzene rings is 1. The molecule has 1 atom stereocenters. The third-order valence-electron chi connectivity index (χ3n) is 2.77. The molecule has 0 radical (unpaired) electrons. The topological polar surface area (TPSA) is 42.6 Å². The number of furan rings is 1. The molecule has 0 spiro atoms. The lowest BCUT2D eigenvalue weighted by atomic mass is 10.0. The summed E-state index contributed by atoms with van der Waals surface area (Å²) >= 11 is 0. The molecule has 0 aliphatic heterocycles. The number of aliphatic hydroxyl groups excluding tert-OH is 1. The summed E-state index contributed by atoms with van der Waals surface area (Å²) in [7, 11) is 1.20. The molecule has 0 amide bonds. The van der Waals surface area contributed by atoms with Gasteiger partial charge in [0, 0.05) is 10.9 Å². The lowest BCUT2D eigenvalue weighted by Crippen LogP contribution is -2.22. The van der Waals surface area contributed by atoms with Crippen LogP contribution in [0.3, 0.4) is 0 Å². The molecular weight excluding hydrogens is 306 g/mol. The van der Waals surface area contributed by atoms with Crippen LogP contribution >= 0.6 is 0 Å². The van der Waals surface area contributed by atoms with E-state index in [9.17, 15) is 31.4 Å². The Labute approximate surface area is 113 Å². The van der Waals surface area contributed by atoms with E-state index < -0.39 is 40.7 Å². The standard InChI is InChI=1S/C12H8F6O3/c1-20-5-2-3-7-6(4-5)8(9(19)11(13,14)15)10(21-7)12(16,17)18/h2-4,9,19H,1H3. The molecule has 1 heterocycles. The largest absolute Gasteiger partial charge is 0.497 e. The zero-order chi connectivity index (χ0) is 16.0. The maximum atomic E-state index is 12.8. The van der Waals surface area contributed by atoms with E-state index in [1.807, 2.05) is 0 Å². The predicted molar refractivity (Wildman–Crippen MR) is 58.8 cm³/mol. The van der Waals surface area contributed by atoms with E-state index >= 15 is 0 Å². The molecule has 1 aromatic carbocycles. The van der Waals surface area contributed by atoms with Gasteiger partial charge in [0.05, 0.1) is 7.11 Å². The molecule has 0 aliphatic carbocycles. The van der Waals surface area contributed by atoms with Crippen molar-refractivity contribution < 1.29 is 40.6 Å². The summed E-state index contributed by atoms with van der Waals surface area (Å²) in [6.45, 7) is 0. The average molecular weight is 314 g/mol. The zero-order valence-corrected chi connectivity index (χ0v) is 10.3. The first-order chi connectivity index (χ1) is 9.55. The predicted octanol–water partition coefficient (Wildman–Crippen LogP) is 4.06. The van der Waals surface area contributed by atoms with Gasteiger partial charge in [-0.05, 0) is 18.2 Å². The van der Waals surface area contributed by atoms with Crippen LogP contribution in [-0.2, 0) is 6.18 Å². The van der Waals surface area contributed by atoms with Crippen molar-refractivity contribution in [3.8, 4) is 5.75 Å². The summed E-state index contributed by atoms with van der Waals surface area (Å²) in [4.78, 5) is 0. The molecule has 0 saturated heterocycles. The number of methoxy groups -OCH3 is 1. The van der Waals surface area contributed by atoms with Gasteiger partial charge in [0.25, 0.3) is 0 Å². The number of aliphatic hydroxyl groups is 1. The van der Waals surface area contributed by atoms with Crippen molar-refractivity contribution in [3.63, 3.8) is 0 Å². The molecule has 0 saturated carbocycles. The number of alkyl halides is 6. The fraction of sp³-hybridized carbons (Fsp3) is 0.333. The van der Waals surface area contributed by atoms with Gasteiger partial charge in [0.1, 0.15) is 11.3 Å². The van der Waals surface area contributed by atoms with E-state index in [1.54, 1.807) is 0 Å². The van der Waals surface area contributed by atoms with E-state index in [0.717, 1.165) is 12.1 Å². The van der Waals surface area contributed by atoms with Crippen LogP contribution < -0.4 is 4.74 Å². The van der Waals surface area contributed by atoms with Gasteiger partial charge in [-0.25, -0.2) is 0 Å². The number of hydrogen-bond donors (Lipinski definition) is 1. The van der Waals surface area contributed by atoms with Crippen LogP contribution in [0.5, 0.6) is 5.75 Å². The molecule has 3 nitrogen and oxygen atoms in total. The first kappa shape index (κ1) is 15.5.